The normalized spacial score (nSPS) is 10.6. The van der Waals surface area contributed by atoms with Gasteiger partial charge < -0.3 is 14.6 Å². The summed E-state index contributed by atoms with van der Waals surface area (Å²) in [5, 5.41) is 22.8. The first kappa shape index (κ1) is 12.0. The van der Waals surface area contributed by atoms with E-state index in [4.69, 9.17) is 4.42 Å². The fourth-order valence-corrected chi connectivity index (χ4v) is 1.87. The van der Waals surface area contributed by atoms with Gasteiger partial charge in [0.15, 0.2) is 11.5 Å². The molecule has 0 saturated carbocycles. The Bertz CT molecular complexity index is 742. The lowest BCUT2D eigenvalue weighted by Gasteiger charge is -2.03. The van der Waals surface area contributed by atoms with Crippen LogP contribution in [0.15, 0.2) is 53.1 Å². The van der Waals surface area contributed by atoms with Crippen molar-refractivity contribution in [2.75, 3.05) is 0 Å². The maximum Gasteiger partial charge on any atom is 0.354 e. The van der Waals surface area contributed by atoms with E-state index in [9.17, 15) is 15.0 Å². The Balaban J connectivity index is 2.14. The van der Waals surface area contributed by atoms with Crippen molar-refractivity contribution in [3.63, 3.8) is 0 Å². The number of phenolic OH excluding ortho intramolecular Hbond substituents is 1. The standard InChI is InChI=1S/C14H10N2O4/c17-10-5-3-9(4-6-10)16-12(14(18)19)8-11(15-16)13-2-1-7-20-13/h1-8,17H,(H,18,19). The van der Waals surface area contributed by atoms with Crippen LogP contribution in [-0.2, 0) is 0 Å². The van der Waals surface area contributed by atoms with Gasteiger partial charge in [-0.2, -0.15) is 5.10 Å². The number of aromatic nitrogens is 2. The van der Waals surface area contributed by atoms with E-state index in [-0.39, 0.29) is 11.4 Å². The quantitative estimate of drug-likeness (QED) is 0.763. The van der Waals surface area contributed by atoms with Gasteiger partial charge in [-0.1, -0.05) is 0 Å². The molecule has 0 fully saturated rings. The predicted octanol–water partition coefficient (Wildman–Crippen LogP) is 2.54. The molecule has 1 aromatic carbocycles. The van der Waals surface area contributed by atoms with Crippen molar-refractivity contribution >= 4 is 5.97 Å². The van der Waals surface area contributed by atoms with E-state index in [1.165, 1.54) is 29.1 Å². The van der Waals surface area contributed by atoms with Crippen LogP contribution in [0.5, 0.6) is 5.75 Å². The lowest BCUT2D eigenvalue weighted by Crippen LogP contribution is -2.07. The number of benzene rings is 1. The van der Waals surface area contributed by atoms with Crippen molar-refractivity contribution in [1.82, 2.24) is 9.78 Å². The Kier molecular flexibility index (Phi) is 2.76. The molecule has 100 valence electrons. The molecular formula is C14H10N2O4. The molecule has 2 N–H and O–H groups in total. The minimum Gasteiger partial charge on any atom is -0.508 e. The number of furan rings is 1. The smallest absolute Gasteiger partial charge is 0.354 e. The van der Waals surface area contributed by atoms with Gasteiger partial charge in [0.05, 0.1) is 12.0 Å². The first-order chi connectivity index (χ1) is 9.65. The molecule has 0 spiro atoms. The summed E-state index contributed by atoms with van der Waals surface area (Å²) in [7, 11) is 0. The summed E-state index contributed by atoms with van der Waals surface area (Å²) in [6, 6.07) is 10.9. The SMILES string of the molecule is O=C(O)c1cc(-c2ccco2)nn1-c1ccc(O)cc1. The van der Waals surface area contributed by atoms with Gasteiger partial charge in [0.25, 0.3) is 0 Å². The van der Waals surface area contributed by atoms with Crippen molar-refractivity contribution < 1.29 is 19.4 Å². The van der Waals surface area contributed by atoms with E-state index in [0.29, 0.717) is 17.1 Å². The van der Waals surface area contributed by atoms with Crippen molar-refractivity contribution in [1.29, 1.82) is 0 Å². The fourth-order valence-electron chi connectivity index (χ4n) is 1.87. The molecule has 2 heterocycles. The Morgan fingerprint density at radius 2 is 1.95 bits per heavy atom. The van der Waals surface area contributed by atoms with Crippen molar-refractivity contribution in [2.24, 2.45) is 0 Å². The zero-order chi connectivity index (χ0) is 14.1. The molecule has 0 radical (unpaired) electrons. The number of phenols is 1. The highest BCUT2D eigenvalue weighted by molar-refractivity contribution is 5.87. The lowest BCUT2D eigenvalue weighted by atomic mass is 10.3. The third-order valence-corrected chi connectivity index (χ3v) is 2.80. The molecule has 2 aromatic heterocycles. The molecule has 0 amide bonds. The summed E-state index contributed by atoms with van der Waals surface area (Å²) in [6.45, 7) is 0. The Morgan fingerprint density at radius 3 is 2.55 bits per heavy atom. The highest BCUT2D eigenvalue weighted by Gasteiger charge is 2.17. The molecule has 0 unspecified atom stereocenters. The molecule has 0 aliphatic heterocycles. The number of hydrogen-bond acceptors (Lipinski definition) is 4. The van der Waals surface area contributed by atoms with E-state index in [0.717, 1.165) is 0 Å². The van der Waals surface area contributed by atoms with Gasteiger partial charge in [-0.25, -0.2) is 9.48 Å². The number of aromatic carboxylic acids is 1. The first-order valence-corrected chi connectivity index (χ1v) is 5.82. The molecular weight excluding hydrogens is 260 g/mol. The topological polar surface area (TPSA) is 88.5 Å². The van der Waals surface area contributed by atoms with Gasteiger partial charge in [-0.3, -0.25) is 0 Å². The van der Waals surface area contributed by atoms with E-state index in [1.54, 1.807) is 24.3 Å². The molecule has 0 aliphatic carbocycles. The van der Waals surface area contributed by atoms with E-state index in [1.807, 2.05) is 0 Å². The average molecular weight is 270 g/mol. The zero-order valence-corrected chi connectivity index (χ0v) is 10.2. The minimum atomic E-state index is -1.09. The molecule has 6 heteroatoms. The number of carboxylic acids is 1. The second-order valence-corrected chi connectivity index (χ2v) is 4.13. The summed E-state index contributed by atoms with van der Waals surface area (Å²) in [6.07, 6.45) is 1.50. The number of carboxylic acid groups (broad SMARTS) is 1. The van der Waals surface area contributed by atoms with Crippen LogP contribution in [-0.4, -0.2) is 26.0 Å². The predicted molar refractivity (Wildman–Crippen MR) is 69.9 cm³/mol. The van der Waals surface area contributed by atoms with Crippen molar-refractivity contribution in [2.45, 2.75) is 0 Å². The number of rotatable bonds is 3. The highest BCUT2D eigenvalue weighted by atomic mass is 16.4. The van der Waals surface area contributed by atoms with Crippen molar-refractivity contribution in [3.8, 4) is 22.9 Å². The molecule has 0 saturated heterocycles. The molecule has 0 bridgehead atoms. The van der Waals surface area contributed by atoms with Crippen LogP contribution in [0.25, 0.3) is 17.1 Å². The van der Waals surface area contributed by atoms with Crippen LogP contribution >= 0.6 is 0 Å². The fraction of sp³-hybridized carbons (Fsp3) is 0. The van der Waals surface area contributed by atoms with Gasteiger partial charge in [-0.15, -0.1) is 0 Å². The molecule has 3 rings (SSSR count). The largest absolute Gasteiger partial charge is 0.508 e. The van der Waals surface area contributed by atoms with E-state index in [2.05, 4.69) is 5.10 Å². The van der Waals surface area contributed by atoms with Crippen LogP contribution < -0.4 is 0 Å². The average Bonchev–Trinajstić information content (AvgIpc) is 3.08. The molecule has 3 aromatic rings. The van der Waals surface area contributed by atoms with Gasteiger partial charge in [0, 0.05) is 6.07 Å². The van der Waals surface area contributed by atoms with Gasteiger partial charge in [0.2, 0.25) is 0 Å². The maximum atomic E-state index is 11.3. The van der Waals surface area contributed by atoms with Crippen LogP contribution in [0.3, 0.4) is 0 Å². The van der Waals surface area contributed by atoms with Gasteiger partial charge >= 0.3 is 5.97 Å². The zero-order valence-electron chi connectivity index (χ0n) is 10.2. The third kappa shape index (κ3) is 2.03. The molecule has 20 heavy (non-hydrogen) atoms. The maximum absolute atomic E-state index is 11.3. The van der Waals surface area contributed by atoms with Crippen LogP contribution in [0.4, 0.5) is 0 Å². The number of aromatic hydroxyl groups is 1. The number of hydrogen-bond donors (Lipinski definition) is 2. The second-order valence-electron chi connectivity index (χ2n) is 4.13. The van der Waals surface area contributed by atoms with Crippen LogP contribution in [0.1, 0.15) is 10.5 Å². The summed E-state index contributed by atoms with van der Waals surface area (Å²) in [4.78, 5) is 11.3. The third-order valence-electron chi connectivity index (χ3n) is 2.80. The van der Waals surface area contributed by atoms with Crippen LogP contribution in [0.2, 0.25) is 0 Å². The van der Waals surface area contributed by atoms with Gasteiger partial charge in [-0.05, 0) is 36.4 Å². The molecule has 0 atom stereocenters. The Hall–Kier alpha value is -3.02. The minimum absolute atomic E-state index is 0.0158. The number of nitrogens with zero attached hydrogens (tertiary/aromatic N) is 2. The highest BCUT2D eigenvalue weighted by Crippen LogP contribution is 2.23. The van der Waals surface area contributed by atoms with Gasteiger partial charge in [0.1, 0.15) is 11.4 Å². The first-order valence-electron chi connectivity index (χ1n) is 5.82. The second kappa shape index (κ2) is 4.58. The number of carbonyl (C=O) groups is 1. The Morgan fingerprint density at radius 1 is 1.20 bits per heavy atom. The summed E-state index contributed by atoms with van der Waals surface area (Å²) < 4.78 is 6.51. The lowest BCUT2D eigenvalue weighted by molar-refractivity contribution is 0.0687. The van der Waals surface area contributed by atoms with E-state index < -0.39 is 5.97 Å². The molecule has 6 nitrogen and oxygen atoms in total. The van der Waals surface area contributed by atoms with E-state index >= 15 is 0 Å². The van der Waals surface area contributed by atoms with Crippen molar-refractivity contribution in [3.05, 3.63) is 54.4 Å². The Labute approximate surface area is 113 Å². The van der Waals surface area contributed by atoms with Crippen LogP contribution in [0, 0.1) is 0 Å². The molecule has 0 aliphatic rings. The summed E-state index contributed by atoms with van der Waals surface area (Å²) in [5.41, 5.74) is 0.987. The summed E-state index contributed by atoms with van der Waals surface area (Å²) >= 11 is 0. The monoisotopic (exact) mass is 270 g/mol. The summed E-state index contributed by atoms with van der Waals surface area (Å²) in [5.74, 6) is -0.502.